The van der Waals surface area contributed by atoms with E-state index in [1.165, 1.54) is 5.57 Å². The minimum atomic E-state index is -0.681. The maximum Gasteiger partial charge on any atom is 0.234 e. The Morgan fingerprint density at radius 3 is 3.14 bits per heavy atom. The molecule has 2 rings (SSSR count). The molecule has 0 saturated carbocycles. The summed E-state index contributed by atoms with van der Waals surface area (Å²) in [7, 11) is 1.63. The number of nitrogens with two attached hydrogens (primary N) is 1. The van der Waals surface area contributed by atoms with Crippen LogP contribution in [0.4, 0.5) is 0 Å². The van der Waals surface area contributed by atoms with E-state index < -0.39 is 5.79 Å². The van der Waals surface area contributed by atoms with Crippen molar-refractivity contribution in [3.05, 3.63) is 23.5 Å². The van der Waals surface area contributed by atoms with E-state index in [0.717, 1.165) is 12.2 Å². The molecule has 2 N–H and O–H groups in total. The van der Waals surface area contributed by atoms with Crippen molar-refractivity contribution in [1.82, 2.24) is 0 Å². The van der Waals surface area contributed by atoms with Crippen molar-refractivity contribution in [1.29, 1.82) is 0 Å². The Morgan fingerprint density at radius 1 is 1.57 bits per heavy atom. The lowest BCUT2D eigenvalue weighted by atomic mass is 9.95. The molecule has 4 heteroatoms. The number of rotatable bonds is 3. The summed E-state index contributed by atoms with van der Waals surface area (Å²) >= 11 is 0. The minimum Gasteiger partial charge on any atom is -0.466 e. The van der Waals surface area contributed by atoms with E-state index in [1.807, 2.05) is 12.2 Å². The molecule has 0 spiro atoms. The molecule has 1 saturated heterocycles. The van der Waals surface area contributed by atoms with Gasteiger partial charge in [-0.15, -0.1) is 0 Å². The van der Waals surface area contributed by atoms with Gasteiger partial charge in [0.25, 0.3) is 0 Å². The van der Waals surface area contributed by atoms with Crippen LogP contribution in [0.25, 0.3) is 0 Å². The van der Waals surface area contributed by atoms with Crippen LogP contribution in [0.2, 0.25) is 0 Å². The SMILES string of the molecule is COC12CC(CCN)=CC=C1OCO2. The summed E-state index contributed by atoms with van der Waals surface area (Å²) < 4.78 is 16.2. The van der Waals surface area contributed by atoms with Gasteiger partial charge in [-0.05, 0) is 19.0 Å². The van der Waals surface area contributed by atoms with Gasteiger partial charge in [0.05, 0.1) is 0 Å². The molecule has 78 valence electrons. The summed E-state index contributed by atoms with van der Waals surface area (Å²) in [4.78, 5) is 0. The van der Waals surface area contributed by atoms with Crippen molar-refractivity contribution >= 4 is 0 Å². The van der Waals surface area contributed by atoms with Gasteiger partial charge in [0.2, 0.25) is 5.79 Å². The molecule has 0 bridgehead atoms. The zero-order chi connectivity index (χ0) is 10.0. The van der Waals surface area contributed by atoms with Gasteiger partial charge in [-0.25, -0.2) is 0 Å². The molecular weight excluding hydrogens is 182 g/mol. The van der Waals surface area contributed by atoms with Gasteiger partial charge in [-0.3, -0.25) is 0 Å². The molecule has 0 radical (unpaired) electrons. The van der Waals surface area contributed by atoms with Crippen molar-refractivity contribution in [3.63, 3.8) is 0 Å². The molecule has 14 heavy (non-hydrogen) atoms. The minimum absolute atomic E-state index is 0.267. The third-order valence-corrected chi connectivity index (χ3v) is 2.61. The molecule has 0 aromatic carbocycles. The number of allylic oxidation sites excluding steroid dienone is 2. The fraction of sp³-hybridized carbons (Fsp3) is 0.600. The Balaban J connectivity index is 2.19. The van der Waals surface area contributed by atoms with Gasteiger partial charge >= 0.3 is 0 Å². The van der Waals surface area contributed by atoms with Crippen molar-refractivity contribution in [2.45, 2.75) is 18.6 Å². The Bertz CT molecular complexity index is 285. The highest BCUT2D eigenvalue weighted by atomic mass is 16.8. The molecule has 4 nitrogen and oxygen atoms in total. The average molecular weight is 197 g/mol. The molecule has 1 aliphatic heterocycles. The van der Waals surface area contributed by atoms with E-state index in [0.29, 0.717) is 13.0 Å². The molecule has 0 aromatic heterocycles. The first-order chi connectivity index (χ1) is 6.80. The number of methoxy groups -OCH3 is 1. The van der Waals surface area contributed by atoms with Crippen LogP contribution in [0.5, 0.6) is 0 Å². The van der Waals surface area contributed by atoms with Gasteiger partial charge in [-0.1, -0.05) is 11.6 Å². The standard InChI is InChI=1S/C10H15NO3/c1-12-10-6-8(4-5-11)2-3-9(10)13-7-14-10/h2-3H,4-7,11H2,1H3. The molecule has 2 aliphatic rings. The van der Waals surface area contributed by atoms with Crippen LogP contribution in [0, 0.1) is 0 Å². The van der Waals surface area contributed by atoms with Crippen LogP contribution < -0.4 is 5.73 Å². The largest absolute Gasteiger partial charge is 0.466 e. The highest BCUT2D eigenvalue weighted by Crippen LogP contribution is 2.39. The lowest BCUT2D eigenvalue weighted by molar-refractivity contribution is -0.173. The quantitative estimate of drug-likeness (QED) is 0.730. The zero-order valence-electron chi connectivity index (χ0n) is 8.29. The molecule has 1 aliphatic carbocycles. The van der Waals surface area contributed by atoms with Gasteiger partial charge in [-0.2, -0.15) is 0 Å². The first kappa shape index (κ1) is 9.71. The Hall–Kier alpha value is -0.840. The summed E-state index contributed by atoms with van der Waals surface area (Å²) in [6.07, 6.45) is 5.53. The molecule has 0 amide bonds. The van der Waals surface area contributed by atoms with Gasteiger partial charge < -0.3 is 19.9 Å². The second-order valence-electron chi connectivity index (χ2n) is 3.43. The fourth-order valence-corrected chi connectivity index (χ4v) is 1.82. The molecule has 0 aromatic rings. The summed E-state index contributed by atoms with van der Waals surface area (Å²) in [5, 5.41) is 0. The molecular formula is C10H15NO3. The highest BCUT2D eigenvalue weighted by Gasteiger charge is 2.44. The van der Waals surface area contributed by atoms with Crippen molar-refractivity contribution in [2.24, 2.45) is 5.73 Å². The topological polar surface area (TPSA) is 53.7 Å². The number of hydrogen-bond donors (Lipinski definition) is 1. The Morgan fingerprint density at radius 2 is 2.43 bits per heavy atom. The maximum atomic E-state index is 5.51. The summed E-state index contributed by atoms with van der Waals surface area (Å²) in [5.41, 5.74) is 6.75. The van der Waals surface area contributed by atoms with Crippen LogP contribution in [-0.4, -0.2) is 26.2 Å². The number of hydrogen-bond acceptors (Lipinski definition) is 4. The fourth-order valence-electron chi connectivity index (χ4n) is 1.82. The Kier molecular flexibility index (Phi) is 2.58. The predicted octanol–water partition coefficient (Wildman–Crippen LogP) is 0.896. The predicted molar refractivity (Wildman–Crippen MR) is 51.2 cm³/mol. The summed E-state index contributed by atoms with van der Waals surface area (Å²) in [6, 6.07) is 0. The van der Waals surface area contributed by atoms with Crippen molar-refractivity contribution < 1.29 is 14.2 Å². The smallest absolute Gasteiger partial charge is 0.234 e. The number of fused-ring (bicyclic) bond motifs is 1. The first-order valence-electron chi connectivity index (χ1n) is 4.73. The normalized spacial score (nSPS) is 30.4. The second kappa shape index (κ2) is 3.73. The van der Waals surface area contributed by atoms with Crippen LogP contribution in [0.15, 0.2) is 23.5 Å². The molecule has 1 heterocycles. The van der Waals surface area contributed by atoms with E-state index in [9.17, 15) is 0 Å². The highest BCUT2D eigenvalue weighted by molar-refractivity contribution is 5.28. The van der Waals surface area contributed by atoms with Crippen molar-refractivity contribution in [3.8, 4) is 0 Å². The molecule has 1 fully saturated rings. The van der Waals surface area contributed by atoms with Crippen LogP contribution in [0.3, 0.4) is 0 Å². The first-order valence-corrected chi connectivity index (χ1v) is 4.73. The van der Waals surface area contributed by atoms with E-state index in [4.69, 9.17) is 19.9 Å². The van der Waals surface area contributed by atoms with Crippen LogP contribution in [0.1, 0.15) is 12.8 Å². The summed E-state index contributed by atoms with van der Waals surface area (Å²) in [5.74, 6) is 0.0833. The third kappa shape index (κ3) is 1.45. The lowest BCUT2D eigenvalue weighted by Gasteiger charge is -2.28. The van der Waals surface area contributed by atoms with E-state index >= 15 is 0 Å². The van der Waals surface area contributed by atoms with E-state index in [1.54, 1.807) is 7.11 Å². The van der Waals surface area contributed by atoms with E-state index in [2.05, 4.69) is 0 Å². The van der Waals surface area contributed by atoms with Crippen LogP contribution >= 0.6 is 0 Å². The average Bonchev–Trinajstić information content (AvgIpc) is 2.62. The third-order valence-electron chi connectivity index (χ3n) is 2.61. The second-order valence-corrected chi connectivity index (χ2v) is 3.43. The summed E-state index contributed by atoms with van der Waals surface area (Å²) in [6.45, 7) is 0.916. The van der Waals surface area contributed by atoms with Gasteiger partial charge in [0, 0.05) is 13.5 Å². The van der Waals surface area contributed by atoms with Gasteiger partial charge in [0.15, 0.2) is 12.6 Å². The monoisotopic (exact) mass is 197 g/mol. The molecule has 1 atom stereocenters. The van der Waals surface area contributed by atoms with Crippen LogP contribution in [-0.2, 0) is 14.2 Å². The van der Waals surface area contributed by atoms with E-state index in [-0.39, 0.29) is 6.79 Å². The lowest BCUT2D eigenvalue weighted by Crippen LogP contribution is -2.34. The zero-order valence-corrected chi connectivity index (χ0v) is 8.29. The maximum absolute atomic E-state index is 5.51. The number of ether oxygens (including phenoxy) is 3. The van der Waals surface area contributed by atoms with Crippen molar-refractivity contribution in [2.75, 3.05) is 20.4 Å². The Labute approximate surface area is 83.3 Å². The van der Waals surface area contributed by atoms with Gasteiger partial charge in [0.1, 0.15) is 0 Å². The molecule has 1 unspecified atom stereocenters.